The molecule has 2 aromatic carbocycles. The van der Waals surface area contributed by atoms with Gasteiger partial charge in [-0.1, -0.05) is 36.4 Å². The predicted molar refractivity (Wildman–Crippen MR) is 99.7 cm³/mol. The fourth-order valence-electron chi connectivity index (χ4n) is 3.22. The van der Waals surface area contributed by atoms with Crippen LogP contribution in [0, 0.1) is 5.82 Å². The van der Waals surface area contributed by atoms with Gasteiger partial charge in [0.15, 0.2) is 0 Å². The molecule has 1 aromatic heterocycles. The van der Waals surface area contributed by atoms with E-state index in [1.807, 2.05) is 30.3 Å². The summed E-state index contributed by atoms with van der Waals surface area (Å²) in [5, 5.41) is 0. The molecule has 0 spiro atoms. The smallest absolute Gasteiger partial charge is 0.216 e. The summed E-state index contributed by atoms with van der Waals surface area (Å²) in [6.45, 7) is 0. The Morgan fingerprint density at radius 2 is 1.92 bits per heavy atom. The van der Waals surface area contributed by atoms with Crippen LogP contribution in [0.5, 0.6) is 11.6 Å². The molecule has 2 radical (unpaired) electrons. The minimum Gasteiger partial charge on any atom is -0.497 e. The van der Waals surface area contributed by atoms with Crippen molar-refractivity contribution in [3.8, 4) is 22.8 Å². The van der Waals surface area contributed by atoms with Crippen molar-refractivity contribution in [2.75, 3.05) is 7.11 Å². The lowest BCUT2D eigenvalue weighted by Crippen LogP contribution is -2.19. The molecule has 0 fully saturated rings. The van der Waals surface area contributed by atoms with E-state index in [9.17, 15) is 4.39 Å². The van der Waals surface area contributed by atoms with Crippen molar-refractivity contribution in [2.45, 2.75) is 18.9 Å². The monoisotopic (exact) mass is 345 g/mol. The number of hydrogen-bond acceptors (Lipinski definition) is 3. The van der Waals surface area contributed by atoms with Crippen molar-refractivity contribution < 1.29 is 13.9 Å². The Morgan fingerprint density at radius 3 is 2.69 bits per heavy atom. The van der Waals surface area contributed by atoms with Gasteiger partial charge in [0.25, 0.3) is 0 Å². The van der Waals surface area contributed by atoms with Gasteiger partial charge in [-0.05, 0) is 47.8 Å². The zero-order valence-corrected chi connectivity index (χ0v) is 14.4. The fourth-order valence-corrected chi connectivity index (χ4v) is 3.22. The summed E-state index contributed by atoms with van der Waals surface area (Å²) >= 11 is 0. The number of aryl methyl sites for hydroxylation is 1. The molecule has 1 aliphatic rings. The summed E-state index contributed by atoms with van der Waals surface area (Å²) in [5.41, 5.74) is 3.87. The SMILES string of the molecule is [B]c1ccc2c(n1)OC(c1ccc(-c3cc(OC)ccc3F)cc1)CC2. The molecule has 26 heavy (non-hydrogen) atoms. The second kappa shape index (κ2) is 6.83. The highest BCUT2D eigenvalue weighted by atomic mass is 19.1. The summed E-state index contributed by atoms with van der Waals surface area (Å²) in [6.07, 6.45) is 1.67. The van der Waals surface area contributed by atoms with Gasteiger partial charge in [-0.25, -0.2) is 9.37 Å². The number of methoxy groups -OCH3 is 1. The normalized spacial score (nSPS) is 15.8. The second-order valence-electron chi connectivity index (χ2n) is 6.31. The average molecular weight is 345 g/mol. The van der Waals surface area contributed by atoms with E-state index < -0.39 is 0 Å². The van der Waals surface area contributed by atoms with Crippen molar-refractivity contribution in [2.24, 2.45) is 0 Å². The molecular weight excluding hydrogens is 328 g/mol. The van der Waals surface area contributed by atoms with E-state index in [-0.39, 0.29) is 11.9 Å². The number of nitrogens with zero attached hydrogens (tertiary/aromatic N) is 1. The second-order valence-corrected chi connectivity index (χ2v) is 6.31. The molecule has 0 saturated heterocycles. The highest BCUT2D eigenvalue weighted by molar-refractivity contribution is 6.30. The van der Waals surface area contributed by atoms with Gasteiger partial charge in [-0.15, -0.1) is 0 Å². The molecular formula is C21H17BFNO2. The molecule has 1 aliphatic heterocycles. The fraction of sp³-hybridized carbons (Fsp3) is 0.190. The van der Waals surface area contributed by atoms with Gasteiger partial charge in [0.1, 0.15) is 25.5 Å². The van der Waals surface area contributed by atoms with Gasteiger partial charge in [-0.3, -0.25) is 0 Å². The minimum atomic E-state index is -0.277. The van der Waals surface area contributed by atoms with Crippen molar-refractivity contribution in [3.05, 3.63) is 71.5 Å². The van der Waals surface area contributed by atoms with Crippen molar-refractivity contribution in [1.82, 2.24) is 4.98 Å². The third-order valence-electron chi connectivity index (χ3n) is 4.66. The van der Waals surface area contributed by atoms with Crippen LogP contribution in [0.4, 0.5) is 4.39 Å². The maximum Gasteiger partial charge on any atom is 0.216 e. The first-order valence-electron chi connectivity index (χ1n) is 8.50. The largest absolute Gasteiger partial charge is 0.497 e. The van der Waals surface area contributed by atoms with Crippen LogP contribution in [0.2, 0.25) is 0 Å². The quantitative estimate of drug-likeness (QED) is 0.678. The van der Waals surface area contributed by atoms with Crippen LogP contribution in [-0.4, -0.2) is 19.9 Å². The lowest BCUT2D eigenvalue weighted by Gasteiger charge is -2.26. The minimum absolute atomic E-state index is 0.0824. The van der Waals surface area contributed by atoms with Crippen molar-refractivity contribution in [3.63, 3.8) is 0 Å². The van der Waals surface area contributed by atoms with Crippen LogP contribution in [0.25, 0.3) is 11.1 Å². The summed E-state index contributed by atoms with van der Waals surface area (Å²) in [6, 6.07) is 16.2. The van der Waals surface area contributed by atoms with Crippen molar-refractivity contribution >= 4 is 13.4 Å². The van der Waals surface area contributed by atoms with Crippen LogP contribution in [0.1, 0.15) is 23.7 Å². The molecule has 4 rings (SSSR count). The van der Waals surface area contributed by atoms with Gasteiger partial charge in [0, 0.05) is 11.1 Å². The van der Waals surface area contributed by atoms with E-state index in [1.54, 1.807) is 25.3 Å². The Balaban J connectivity index is 1.59. The summed E-state index contributed by atoms with van der Waals surface area (Å²) in [5.74, 6) is 0.951. The molecule has 2 heterocycles. The number of aromatic nitrogens is 1. The van der Waals surface area contributed by atoms with E-state index in [1.165, 1.54) is 6.07 Å². The van der Waals surface area contributed by atoms with Gasteiger partial charge in [0.05, 0.1) is 7.11 Å². The summed E-state index contributed by atoms with van der Waals surface area (Å²) in [4.78, 5) is 4.28. The lowest BCUT2D eigenvalue weighted by atomic mass is 9.95. The van der Waals surface area contributed by atoms with E-state index in [2.05, 4.69) is 4.98 Å². The van der Waals surface area contributed by atoms with Crippen LogP contribution in [-0.2, 0) is 6.42 Å². The Kier molecular flexibility index (Phi) is 4.37. The molecule has 3 aromatic rings. The standard InChI is InChI=1S/C21H17BFNO2/c1-25-16-8-9-18(23)17(12-16)13-2-4-14(5-3-13)19-10-6-15-7-11-20(22)24-21(15)26-19/h2-5,7-9,11-12,19H,6,10H2,1H3. The van der Waals surface area contributed by atoms with Gasteiger partial charge >= 0.3 is 0 Å². The zero-order valence-electron chi connectivity index (χ0n) is 14.4. The molecule has 0 saturated carbocycles. The third-order valence-corrected chi connectivity index (χ3v) is 4.66. The molecule has 1 atom stereocenters. The van der Waals surface area contributed by atoms with Gasteiger partial charge < -0.3 is 9.47 Å². The Labute approximate surface area is 153 Å². The molecule has 0 bridgehead atoms. The van der Waals surface area contributed by atoms with Gasteiger partial charge in [-0.2, -0.15) is 0 Å². The predicted octanol–water partition coefficient (Wildman–Crippen LogP) is 3.76. The van der Waals surface area contributed by atoms with Crippen LogP contribution in [0.3, 0.4) is 0 Å². The average Bonchev–Trinajstić information content (AvgIpc) is 2.68. The first kappa shape index (κ1) is 16.6. The molecule has 0 amide bonds. The van der Waals surface area contributed by atoms with E-state index in [0.29, 0.717) is 22.8 Å². The van der Waals surface area contributed by atoms with Crippen LogP contribution in [0.15, 0.2) is 54.6 Å². The lowest BCUT2D eigenvalue weighted by molar-refractivity contribution is 0.168. The maximum absolute atomic E-state index is 14.1. The number of hydrogen-bond donors (Lipinski definition) is 0. The number of rotatable bonds is 3. The molecule has 0 aliphatic carbocycles. The zero-order chi connectivity index (χ0) is 18.1. The Hall–Kier alpha value is -2.82. The highest BCUT2D eigenvalue weighted by Crippen LogP contribution is 2.34. The number of ether oxygens (including phenoxy) is 2. The Morgan fingerprint density at radius 1 is 1.12 bits per heavy atom. The molecule has 128 valence electrons. The Bertz CT molecular complexity index is 943. The first-order valence-corrected chi connectivity index (χ1v) is 8.50. The number of fused-ring (bicyclic) bond motifs is 1. The number of pyridine rings is 1. The molecule has 1 unspecified atom stereocenters. The van der Waals surface area contributed by atoms with E-state index >= 15 is 0 Å². The summed E-state index contributed by atoms with van der Waals surface area (Å²) < 4.78 is 25.4. The first-order chi connectivity index (χ1) is 12.6. The maximum atomic E-state index is 14.1. The summed E-state index contributed by atoms with van der Waals surface area (Å²) in [7, 11) is 7.32. The molecule has 5 heteroatoms. The van der Waals surface area contributed by atoms with Crippen molar-refractivity contribution in [1.29, 1.82) is 0 Å². The molecule has 3 nitrogen and oxygen atoms in total. The third kappa shape index (κ3) is 3.17. The topological polar surface area (TPSA) is 31.4 Å². The highest BCUT2D eigenvalue weighted by Gasteiger charge is 2.22. The van der Waals surface area contributed by atoms with Crippen LogP contribution < -0.4 is 15.1 Å². The molecule has 0 N–H and O–H groups in total. The number of halogens is 1. The van der Waals surface area contributed by atoms with E-state index in [0.717, 1.165) is 29.5 Å². The van der Waals surface area contributed by atoms with E-state index in [4.69, 9.17) is 17.3 Å². The van der Waals surface area contributed by atoms with Crippen LogP contribution >= 0.6 is 0 Å². The van der Waals surface area contributed by atoms with Gasteiger partial charge in [0.2, 0.25) is 5.88 Å². The number of benzene rings is 2.